The number of fused-ring (bicyclic) bond motifs is 1. The first kappa shape index (κ1) is 76.3. The molecule has 0 bridgehead atoms. The van der Waals surface area contributed by atoms with Crippen molar-refractivity contribution < 1.29 is 68.1 Å². The van der Waals surface area contributed by atoms with Gasteiger partial charge < -0.3 is 84.9 Å². The number of H-pyrrole nitrogens is 1. The SMILES string of the molecule is CC[C@H](C)[C@H](NC(=O)[C@H](Cc1ccccc1)NC(=O)[C@H](CCCNC(=N)N)NC(=O)[C@H](Cc1c[nH]c2ccccc12)NC(=O)[C@H](CO)NC(=O)[C@@H](N)CCSC)C(=O)N[C@@H](CCSC)C(=O)N[C@@H](CC(=O)O)C(=O)N[C@@H](CC(C)C)C(=O)N[C@H](C(=O)O)C(C)C. The fourth-order valence-corrected chi connectivity index (χ4v) is 10.3. The number of benzene rings is 2. The average molecular weight is 1300 g/mol. The zero-order valence-electron chi connectivity index (χ0n) is 52.3. The normalized spacial score (nSPS) is 14.9. The van der Waals surface area contributed by atoms with E-state index in [2.05, 4.69) is 58.2 Å². The molecule has 19 N–H and O–H groups in total. The number of carbonyl (C=O) groups is 11. The number of nitrogens with one attached hydrogen (secondary N) is 12. The molecule has 498 valence electrons. The van der Waals surface area contributed by atoms with E-state index in [1.807, 2.05) is 6.26 Å². The molecular formula is C60H92N14O14S2. The van der Waals surface area contributed by atoms with Gasteiger partial charge in [0.1, 0.15) is 54.4 Å². The summed E-state index contributed by atoms with van der Waals surface area (Å²) in [6, 6.07) is 1.55. The summed E-state index contributed by atoms with van der Waals surface area (Å²) in [6.07, 6.45) is 4.47. The predicted octanol–water partition coefficient (Wildman–Crippen LogP) is -0.287. The van der Waals surface area contributed by atoms with E-state index >= 15 is 0 Å². The lowest BCUT2D eigenvalue weighted by Gasteiger charge is -2.30. The molecule has 0 aliphatic rings. The van der Waals surface area contributed by atoms with Gasteiger partial charge in [0.2, 0.25) is 53.2 Å². The molecule has 0 radical (unpaired) electrons. The van der Waals surface area contributed by atoms with Crippen molar-refractivity contribution in [2.45, 2.75) is 160 Å². The molecule has 0 saturated carbocycles. The molecule has 3 rings (SSSR count). The Morgan fingerprint density at radius 2 is 1.07 bits per heavy atom. The van der Waals surface area contributed by atoms with Crippen LogP contribution in [0.1, 0.15) is 97.6 Å². The van der Waals surface area contributed by atoms with Gasteiger partial charge in [0.15, 0.2) is 5.96 Å². The molecule has 0 saturated heterocycles. The van der Waals surface area contributed by atoms with Crippen molar-refractivity contribution in [3.63, 3.8) is 0 Å². The Kier molecular flexibility index (Phi) is 33.3. The van der Waals surface area contributed by atoms with Crippen LogP contribution in [-0.4, -0.2) is 189 Å². The molecule has 9 amide bonds. The van der Waals surface area contributed by atoms with Gasteiger partial charge in [-0.05, 0) is 91.1 Å². The van der Waals surface area contributed by atoms with Crippen LogP contribution in [0.15, 0.2) is 60.8 Å². The lowest BCUT2D eigenvalue weighted by molar-refractivity contribution is -0.144. The lowest BCUT2D eigenvalue weighted by Crippen LogP contribution is -2.62. The number of guanidine groups is 1. The van der Waals surface area contributed by atoms with Crippen LogP contribution in [0, 0.1) is 23.2 Å². The van der Waals surface area contributed by atoms with Crippen LogP contribution >= 0.6 is 23.5 Å². The van der Waals surface area contributed by atoms with Crippen molar-refractivity contribution in [2.75, 3.05) is 37.2 Å². The largest absolute Gasteiger partial charge is 0.481 e. The standard InChI is InChI=1S/C60H92N14O14S2/c1-9-34(6)49(58(86)67-41(22-25-90-8)52(80)71-45(29-47(76)77)54(82)68-42(26-32(2)3)55(83)73-48(33(4)5)59(87)88)74-56(84)43(27-35-16-11-10-12-17-35)69-51(79)40(20-15-23-64-60(62)63)66-53(81)44(28-36-30-65-39-19-14-13-18-37(36)39)70-57(85)46(31-75)72-50(78)38(61)21-24-89-7/h10-14,16-19,30,32-34,38,40-46,48-49,65,75H,9,15,20-29,31,61H2,1-8H3,(H,66,81)(H,67,86)(H,68,82)(H,69,79)(H,70,85)(H,71,80)(H,72,78)(H,73,83)(H,74,84)(H,76,77)(H,87,88)(H4,62,63,64)/t34-,38-,40-,41-,42-,43-,44-,45-,46-,48-,49-/m0/s1. The summed E-state index contributed by atoms with van der Waals surface area (Å²) in [7, 11) is 0. The number of hydrogen-bond donors (Lipinski definition) is 17. The Labute approximate surface area is 532 Å². The van der Waals surface area contributed by atoms with Crippen molar-refractivity contribution in [1.29, 1.82) is 5.41 Å². The number of aromatic amines is 1. The first-order valence-corrected chi connectivity index (χ1v) is 32.6. The van der Waals surface area contributed by atoms with Gasteiger partial charge in [-0.15, -0.1) is 0 Å². The molecule has 1 aromatic heterocycles. The molecule has 0 aliphatic carbocycles. The second kappa shape index (κ2) is 39.2. The first-order chi connectivity index (χ1) is 42.6. The fourth-order valence-electron chi connectivity index (χ4n) is 9.37. The van der Waals surface area contributed by atoms with Gasteiger partial charge in [0, 0.05) is 36.5 Å². The minimum absolute atomic E-state index is 0.0128. The molecule has 0 aliphatic heterocycles. The van der Waals surface area contributed by atoms with Gasteiger partial charge in [-0.3, -0.25) is 53.4 Å². The van der Waals surface area contributed by atoms with Gasteiger partial charge in [0.25, 0.3) is 0 Å². The van der Waals surface area contributed by atoms with Crippen molar-refractivity contribution in [2.24, 2.45) is 29.2 Å². The van der Waals surface area contributed by atoms with E-state index in [0.29, 0.717) is 34.2 Å². The molecular weight excluding hydrogens is 1200 g/mol. The molecule has 1 heterocycles. The molecule has 0 unspecified atom stereocenters. The Morgan fingerprint density at radius 3 is 1.64 bits per heavy atom. The Morgan fingerprint density at radius 1 is 0.578 bits per heavy atom. The smallest absolute Gasteiger partial charge is 0.326 e. The van der Waals surface area contributed by atoms with E-state index in [4.69, 9.17) is 16.9 Å². The molecule has 0 fully saturated rings. The molecule has 3 aromatic rings. The summed E-state index contributed by atoms with van der Waals surface area (Å²) in [4.78, 5) is 155. The van der Waals surface area contributed by atoms with Crippen molar-refractivity contribution in [1.82, 2.24) is 58.2 Å². The van der Waals surface area contributed by atoms with Gasteiger partial charge in [-0.2, -0.15) is 23.5 Å². The highest BCUT2D eigenvalue weighted by atomic mass is 32.2. The molecule has 0 spiro atoms. The van der Waals surface area contributed by atoms with E-state index in [1.165, 1.54) is 23.5 Å². The van der Waals surface area contributed by atoms with Gasteiger partial charge in [-0.25, -0.2) is 4.79 Å². The molecule has 90 heavy (non-hydrogen) atoms. The minimum Gasteiger partial charge on any atom is -0.481 e. The van der Waals surface area contributed by atoms with Crippen LogP contribution in [0.25, 0.3) is 10.9 Å². The predicted molar refractivity (Wildman–Crippen MR) is 343 cm³/mol. The van der Waals surface area contributed by atoms with Crippen LogP contribution in [0.2, 0.25) is 0 Å². The third-order valence-electron chi connectivity index (χ3n) is 14.7. The number of hydrogen-bond acceptors (Lipinski definition) is 16. The van der Waals surface area contributed by atoms with Crippen molar-refractivity contribution in [3.8, 4) is 0 Å². The number of carbonyl (C=O) groups excluding carboxylic acids is 9. The van der Waals surface area contributed by atoms with Gasteiger partial charge in [0.05, 0.1) is 19.1 Å². The number of rotatable bonds is 41. The first-order valence-electron chi connectivity index (χ1n) is 29.8. The number of thioether (sulfide) groups is 2. The van der Waals surface area contributed by atoms with Gasteiger partial charge in [-0.1, -0.05) is 96.5 Å². The van der Waals surface area contributed by atoms with Crippen LogP contribution in [0.3, 0.4) is 0 Å². The van der Waals surface area contributed by atoms with E-state index in [9.17, 15) is 68.1 Å². The van der Waals surface area contributed by atoms with E-state index in [0.717, 1.165) is 0 Å². The Balaban J connectivity index is 2.02. The summed E-state index contributed by atoms with van der Waals surface area (Å²) in [6.45, 7) is 9.26. The number of aliphatic hydroxyl groups excluding tert-OH is 1. The van der Waals surface area contributed by atoms with Crippen LogP contribution < -0.4 is 64.6 Å². The summed E-state index contributed by atoms with van der Waals surface area (Å²) in [5.41, 5.74) is 13.5. The highest BCUT2D eigenvalue weighted by Gasteiger charge is 2.38. The zero-order chi connectivity index (χ0) is 67.2. The third-order valence-corrected chi connectivity index (χ3v) is 16.0. The second-order valence-electron chi connectivity index (χ2n) is 22.7. The third kappa shape index (κ3) is 25.9. The maximum atomic E-state index is 14.8. The monoisotopic (exact) mass is 1300 g/mol. The summed E-state index contributed by atoms with van der Waals surface area (Å²) >= 11 is 2.77. The number of aliphatic carboxylic acids is 2. The number of aromatic nitrogens is 1. The van der Waals surface area contributed by atoms with Crippen molar-refractivity contribution in [3.05, 3.63) is 71.9 Å². The molecule has 2 aromatic carbocycles. The van der Waals surface area contributed by atoms with Crippen LogP contribution in [0.4, 0.5) is 0 Å². The summed E-state index contributed by atoms with van der Waals surface area (Å²) in [5.74, 6) is -11.8. The number of para-hydroxylation sites is 1. The summed E-state index contributed by atoms with van der Waals surface area (Å²) < 4.78 is 0. The zero-order valence-corrected chi connectivity index (χ0v) is 53.9. The van der Waals surface area contributed by atoms with Crippen molar-refractivity contribution >= 4 is 105 Å². The lowest BCUT2D eigenvalue weighted by atomic mass is 9.96. The highest BCUT2D eigenvalue weighted by Crippen LogP contribution is 2.20. The number of carboxylic acids is 2. The topological polar surface area (TPSA) is 460 Å². The quantitative estimate of drug-likeness (QED) is 0.0197. The fraction of sp³-hybridized carbons (Fsp3) is 0.567. The number of aliphatic hydroxyl groups is 1. The van der Waals surface area contributed by atoms with Crippen LogP contribution in [-0.2, 0) is 65.6 Å². The molecule has 11 atom stereocenters. The highest BCUT2D eigenvalue weighted by molar-refractivity contribution is 7.98. The average Bonchev–Trinajstić information content (AvgIpc) is 4.18. The molecule has 28 nitrogen and oxygen atoms in total. The minimum atomic E-state index is -1.79. The second-order valence-corrected chi connectivity index (χ2v) is 24.7. The maximum Gasteiger partial charge on any atom is 0.326 e. The molecule has 30 heteroatoms. The Hall–Kier alpha value is -7.96. The van der Waals surface area contributed by atoms with Crippen LogP contribution in [0.5, 0.6) is 0 Å². The Bertz CT molecular complexity index is 2900. The van der Waals surface area contributed by atoms with E-state index in [-0.39, 0.29) is 69.1 Å². The number of nitrogens with two attached hydrogens (primary N) is 2. The number of carboxylic acid groups (broad SMARTS) is 2. The van der Waals surface area contributed by atoms with E-state index in [1.54, 1.807) is 109 Å². The summed E-state index contributed by atoms with van der Waals surface area (Å²) in [5, 5.41) is 64.3. The maximum absolute atomic E-state index is 14.8. The number of amides is 9. The van der Waals surface area contributed by atoms with Gasteiger partial charge >= 0.3 is 11.9 Å². The van der Waals surface area contributed by atoms with E-state index < -0.39 is 150 Å².